The molecule has 0 heterocycles. The highest BCUT2D eigenvalue weighted by molar-refractivity contribution is 5.35. The number of nitrogens with two attached hydrogens (primary N) is 1. The highest BCUT2D eigenvalue weighted by Crippen LogP contribution is 2.26. The number of halogens is 3. The van der Waals surface area contributed by atoms with Crippen LogP contribution in [0, 0.1) is 24.4 Å². The highest BCUT2D eigenvalue weighted by Gasteiger charge is 2.18. The normalized spacial score (nSPS) is 12.5. The van der Waals surface area contributed by atoms with Crippen LogP contribution >= 0.6 is 0 Å². The van der Waals surface area contributed by atoms with Gasteiger partial charge in [0.25, 0.3) is 0 Å². The largest absolute Gasteiger partial charge is 0.271 e. The smallest absolute Gasteiger partial charge is 0.131 e. The van der Waals surface area contributed by atoms with Crippen molar-refractivity contribution in [3.63, 3.8) is 0 Å². The van der Waals surface area contributed by atoms with Crippen molar-refractivity contribution in [2.75, 3.05) is 0 Å². The summed E-state index contributed by atoms with van der Waals surface area (Å²) in [6.07, 6.45) is 0. The van der Waals surface area contributed by atoms with Gasteiger partial charge in [0.2, 0.25) is 0 Å². The number of hydrogen-bond donors (Lipinski definition) is 2. The molecule has 0 spiro atoms. The summed E-state index contributed by atoms with van der Waals surface area (Å²) in [6, 6.07) is 7.07. The summed E-state index contributed by atoms with van der Waals surface area (Å²) in [4.78, 5) is 0. The van der Waals surface area contributed by atoms with Crippen LogP contribution in [0.25, 0.3) is 0 Å². The minimum Gasteiger partial charge on any atom is -0.271 e. The van der Waals surface area contributed by atoms with Gasteiger partial charge in [-0.25, -0.2) is 18.6 Å². The molecule has 2 rings (SSSR count). The molecule has 0 amide bonds. The van der Waals surface area contributed by atoms with E-state index in [4.69, 9.17) is 5.84 Å². The van der Waals surface area contributed by atoms with Crippen LogP contribution in [0.5, 0.6) is 0 Å². The van der Waals surface area contributed by atoms with Gasteiger partial charge in [0.1, 0.15) is 17.5 Å². The maximum Gasteiger partial charge on any atom is 0.131 e. The first kappa shape index (κ1) is 13.6. The van der Waals surface area contributed by atoms with Gasteiger partial charge in [-0.05, 0) is 36.2 Å². The Labute approximate surface area is 109 Å². The monoisotopic (exact) mass is 266 g/mol. The second kappa shape index (κ2) is 5.42. The number of benzene rings is 2. The number of hydrogen-bond acceptors (Lipinski definition) is 2. The molecule has 0 radical (unpaired) electrons. The molecule has 2 aromatic rings. The second-order valence-electron chi connectivity index (χ2n) is 4.28. The minimum absolute atomic E-state index is 0.173. The van der Waals surface area contributed by atoms with E-state index in [0.717, 1.165) is 6.07 Å². The predicted octanol–water partition coefficient (Wildman–Crippen LogP) is 2.97. The fourth-order valence-corrected chi connectivity index (χ4v) is 1.95. The first-order chi connectivity index (χ1) is 9.02. The Hall–Kier alpha value is -1.85. The van der Waals surface area contributed by atoms with Crippen molar-refractivity contribution in [3.05, 3.63) is 70.5 Å². The molecule has 0 aliphatic heterocycles. The van der Waals surface area contributed by atoms with Gasteiger partial charge in [-0.1, -0.05) is 12.1 Å². The Morgan fingerprint density at radius 2 is 1.79 bits per heavy atom. The van der Waals surface area contributed by atoms with Crippen LogP contribution in [-0.4, -0.2) is 0 Å². The van der Waals surface area contributed by atoms with Gasteiger partial charge in [0, 0.05) is 11.6 Å². The fourth-order valence-electron chi connectivity index (χ4n) is 1.95. The summed E-state index contributed by atoms with van der Waals surface area (Å²) in [7, 11) is 0. The summed E-state index contributed by atoms with van der Waals surface area (Å²) >= 11 is 0. The summed E-state index contributed by atoms with van der Waals surface area (Å²) in [6.45, 7) is 1.53. The molecule has 0 saturated heterocycles. The van der Waals surface area contributed by atoms with Crippen molar-refractivity contribution >= 4 is 0 Å². The molecule has 0 saturated carbocycles. The van der Waals surface area contributed by atoms with E-state index in [0.29, 0.717) is 11.1 Å². The van der Waals surface area contributed by atoms with Crippen LogP contribution in [-0.2, 0) is 0 Å². The van der Waals surface area contributed by atoms with Crippen molar-refractivity contribution < 1.29 is 13.2 Å². The Morgan fingerprint density at radius 3 is 2.42 bits per heavy atom. The molecule has 0 fully saturated rings. The van der Waals surface area contributed by atoms with Gasteiger partial charge in [0.15, 0.2) is 0 Å². The SMILES string of the molecule is Cc1cc(C(NN)c2cccc(F)c2)c(F)cc1F. The van der Waals surface area contributed by atoms with Crippen LogP contribution in [0.15, 0.2) is 36.4 Å². The molecule has 1 atom stereocenters. The lowest BCUT2D eigenvalue weighted by Crippen LogP contribution is -2.29. The van der Waals surface area contributed by atoms with Crippen molar-refractivity contribution in [2.45, 2.75) is 13.0 Å². The van der Waals surface area contributed by atoms with Crippen molar-refractivity contribution in [3.8, 4) is 0 Å². The predicted molar refractivity (Wildman–Crippen MR) is 66.7 cm³/mol. The van der Waals surface area contributed by atoms with Crippen molar-refractivity contribution in [1.29, 1.82) is 0 Å². The molecule has 5 heteroatoms. The van der Waals surface area contributed by atoms with E-state index in [9.17, 15) is 13.2 Å². The molecular weight excluding hydrogens is 253 g/mol. The summed E-state index contributed by atoms with van der Waals surface area (Å²) in [5.41, 5.74) is 3.36. The molecule has 0 aromatic heterocycles. The van der Waals surface area contributed by atoms with Gasteiger partial charge in [-0.15, -0.1) is 0 Å². The van der Waals surface area contributed by atoms with Gasteiger partial charge in [-0.3, -0.25) is 5.84 Å². The molecule has 0 aliphatic carbocycles. The van der Waals surface area contributed by atoms with E-state index >= 15 is 0 Å². The summed E-state index contributed by atoms with van der Waals surface area (Å²) in [5, 5.41) is 0. The maximum absolute atomic E-state index is 13.8. The van der Waals surface area contributed by atoms with Gasteiger partial charge in [0.05, 0.1) is 6.04 Å². The van der Waals surface area contributed by atoms with Crippen molar-refractivity contribution in [1.82, 2.24) is 5.43 Å². The molecule has 100 valence electrons. The van der Waals surface area contributed by atoms with Crippen molar-refractivity contribution in [2.24, 2.45) is 5.84 Å². The zero-order valence-corrected chi connectivity index (χ0v) is 10.3. The molecule has 1 unspecified atom stereocenters. The standard InChI is InChI=1S/C14H13F3N2/c1-8-5-11(13(17)7-12(8)16)14(19-18)9-3-2-4-10(15)6-9/h2-7,14,19H,18H2,1H3. The lowest BCUT2D eigenvalue weighted by molar-refractivity contribution is 0.536. The Morgan fingerprint density at radius 1 is 1.05 bits per heavy atom. The molecule has 19 heavy (non-hydrogen) atoms. The van der Waals surface area contributed by atoms with Crippen LogP contribution in [0.2, 0.25) is 0 Å². The van der Waals surface area contributed by atoms with E-state index in [1.54, 1.807) is 6.07 Å². The molecule has 3 N–H and O–H groups in total. The second-order valence-corrected chi connectivity index (χ2v) is 4.28. The maximum atomic E-state index is 13.8. The van der Waals surface area contributed by atoms with Crippen LogP contribution in [0.4, 0.5) is 13.2 Å². The summed E-state index contributed by atoms with van der Waals surface area (Å²) in [5.74, 6) is 3.61. The molecule has 0 bridgehead atoms. The number of aryl methyl sites for hydroxylation is 1. The molecule has 2 nitrogen and oxygen atoms in total. The van der Waals surface area contributed by atoms with Crippen LogP contribution in [0.1, 0.15) is 22.7 Å². The van der Waals surface area contributed by atoms with Crippen LogP contribution < -0.4 is 11.3 Å². The van der Waals surface area contributed by atoms with E-state index < -0.39 is 23.5 Å². The number of hydrazine groups is 1. The Balaban J connectivity index is 2.51. The quantitative estimate of drug-likeness (QED) is 0.662. The molecule has 2 aromatic carbocycles. The van der Waals surface area contributed by atoms with Gasteiger partial charge in [-0.2, -0.15) is 0 Å². The van der Waals surface area contributed by atoms with Gasteiger partial charge >= 0.3 is 0 Å². The Kier molecular flexibility index (Phi) is 3.87. The highest BCUT2D eigenvalue weighted by atomic mass is 19.1. The average Bonchev–Trinajstić information content (AvgIpc) is 2.36. The topological polar surface area (TPSA) is 38.0 Å². The third-order valence-corrected chi connectivity index (χ3v) is 2.94. The zero-order valence-electron chi connectivity index (χ0n) is 10.3. The fraction of sp³-hybridized carbons (Fsp3) is 0.143. The third kappa shape index (κ3) is 2.77. The van der Waals surface area contributed by atoms with Gasteiger partial charge < -0.3 is 0 Å². The molecule has 0 aliphatic rings. The van der Waals surface area contributed by atoms with E-state index in [2.05, 4.69) is 5.43 Å². The lowest BCUT2D eigenvalue weighted by atomic mass is 9.97. The summed E-state index contributed by atoms with van der Waals surface area (Å²) < 4.78 is 40.3. The lowest BCUT2D eigenvalue weighted by Gasteiger charge is -2.18. The zero-order chi connectivity index (χ0) is 14.0. The van der Waals surface area contributed by atoms with E-state index in [1.165, 1.54) is 31.2 Å². The van der Waals surface area contributed by atoms with Crippen LogP contribution in [0.3, 0.4) is 0 Å². The van der Waals surface area contributed by atoms with E-state index in [-0.39, 0.29) is 5.56 Å². The molecular formula is C14H13F3N2. The number of rotatable bonds is 3. The third-order valence-electron chi connectivity index (χ3n) is 2.94. The minimum atomic E-state index is -0.741. The Bertz CT molecular complexity index is 599. The number of nitrogens with one attached hydrogen (secondary N) is 1. The first-order valence-corrected chi connectivity index (χ1v) is 5.70. The van der Waals surface area contributed by atoms with E-state index in [1.807, 2.05) is 0 Å². The average molecular weight is 266 g/mol. The first-order valence-electron chi connectivity index (χ1n) is 5.70.